The minimum Gasteiger partial charge on any atom is -0.469 e. The third-order valence-corrected chi connectivity index (χ3v) is 4.07. The summed E-state index contributed by atoms with van der Waals surface area (Å²) in [5, 5.41) is 3.64. The molecule has 1 aliphatic carbocycles. The minimum atomic E-state index is -0.178. The molecule has 1 atom stereocenters. The average Bonchev–Trinajstić information content (AvgIpc) is 3.28. The Bertz CT molecular complexity index is 440. The number of carbonyl (C=O) groups excluding carboxylic acids is 1. The summed E-state index contributed by atoms with van der Waals surface area (Å²) in [5.41, 5.74) is 2.26. The largest absolute Gasteiger partial charge is 0.469 e. The van der Waals surface area contributed by atoms with E-state index >= 15 is 0 Å². The van der Waals surface area contributed by atoms with Gasteiger partial charge in [0.05, 0.1) is 13.5 Å². The zero-order valence-corrected chi connectivity index (χ0v) is 12.5. The molecule has 0 saturated heterocycles. The lowest BCUT2D eigenvalue weighted by atomic mass is 10.0. The monoisotopic (exact) mass is 275 g/mol. The second-order valence-corrected chi connectivity index (χ2v) is 5.69. The maximum Gasteiger partial charge on any atom is 0.309 e. The zero-order chi connectivity index (χ0) is 14.4. The Morgan fingerprint density at radius 1 is 1.35 bits per heavy atom. The molecule has 2 rings (SSSR count). The van der Waals surface area contributed by atoms with Crippen LogP contribution < -0.4 is 5.32 Å². The Kier molecular flexibility index (Phi) is 5.60. The fourth-order valence-electron chi connectivity index (χ4n) is 2.53. The van der Waals surface area contributed by atoms with Crippen LogP contribution in [0.4, 0.5) is 0 Å². The number of methoxy groups -OCH3 is 1. The standard InChI is InChI=1S/C17H25NO2/c1-3-16(10-13-8-9-13)18-12-15-7-5-4-6-14(15)11-17(19)20-2/h4-7,13,16,18H,3,8-12H2,1-2H3. The van der Waals surface area contributed by atoms with Gasteiger partial charge in [0.15, 0.2) is 0 Å². The Balaban J connectivity index is 1.91. The average molecular weight is 275 g/mol. The highest BCUT2D eigenvalue weighted by atomic mass is 16.5. The molecule has 0 bridgehead atoms. The summed E-state index contributed by atoms with van der Waals surface area (Å²) < 4.78 is 4.76. The van der Waals surface area contributed by atoms with Gasteiger partial charge in [-0.05, 0) is 29.9 Å². The van der Waals surface area contributed by atoms with Gasteiger partial charge in [0.2, 0.25) is 0 Å². The lowest BCUT2D eigenvalue weighted by Crippen LogP contribution is -2.29. The Morgan fingerprint density at radius 3 is 2.65 bits per heavy atom. The van der Waals surface area contributed by atoms with E-state index in [0.29, 0.717) is 12.5 Å². The topological polar surface area (TPSA) is 38.3 Å². The van der Waals surface area contributed by atoms with Gasteiger partial charge in [0, 0.05) is 12.6 Å². The highest BCUT2D eigenvalue weighted by molar-refractivity contribution is 5.72. The maximum atomic E-state index is 11.4. The molecule has 1 N–H and O–H groups in total. The second kappa shape index (κ2) is 7.44. The van der Waals surface area contributed by atoms with Crippen molar-refractivity contribution in [1.29, 1.82) is 0 Å². The number of carbonyl (C=O) groups is 1. The third-order valence-electron chi connectivity index (χ3n) is 4.07. The number of benzene rings is 1. The van der Waals surface area contributed by atoms with E-state index in [4.69, 9.17) is 4.74 Å². The van der Waals surface area contributed by atoms with Crippen LogP contribution in [0, 0.1) is 5.92 Å². The highest BCUT2D eigenvalue weighted by Gasteiger charge is 2.24. The molecule has 1 aromatic rings. The van der Waals surface area contributed by atoms with E-state index in [0.717, 1.165) is 24.4 Å². The summed E-state index contributed by atoms with van der Waals surface area (Å²) in [4.78, 5) is 11.4. The first-order valence-corrected chi connectivity index (χ1v) is 7.60. The Morgan fingerprint density at radius 2 is 2.05 bits per heavy atom. The van der Waals surface area contributed by atoms with Crippen molar-refractivity contribution in [1.82, 2.24) is 5.32 Å². The van der Waals surface area contributed by atoms with Crippen LogP contribution in [-0.2, 0) is 22.5 Å². The number of hydrogen-bond donors (Lipinski definition) is 1. The van der Waals surface area contributed by atoms with Crippen molar-refractivity contribution in [2.45, 2.75) is 51.6 Å². The molecule has 3 heteroatoms. The molecule has 3 nitrogen and oxygen atoms in total. The van der Waals surface area contributed by atoms with Crippen molar-refractivity contribution in [2.75, 3.05) is 7.11 Å². The molecular weight excluding hydrogens is 250 g/mol. The Labute approximate surface area is 121 Å². The molecule has 0 aromatic heterocycles. The first-order valence-electron chi connectivity index (χ1n) is 7.60. The fourth-order valence-corrected chi connectivity index (χ4v) is 2.53. The van der Waals surface area contributed by atoms with E-state index < -0.39 is 0 Å². The maximum absolute atomic E-state index is 11.4. The summed E-state index contributed by atoms with van der Waals surface area (Å²) in [6, 6.07) is 8.70. The zero-order valence-electron chi connectivity index (χ0n) is 12.5. The first kappa shape index (κ1) is 15.0. The predicted octanol–water partition coefficient (Wildman–Crippen LogP) is 3.07. The lowest BCUT2D eigenvalue weighted by Gasteiger charge is -2.18. The van der Waals surface area contributed by atoms with E-state index in [1.165, 1.54) is 31.9 Å². The van der Waals surface area contributed by atoms with Gasteiger partial charge in [-0.1, -0.05) is 44.0 Å². The molecule has 1 unspecified atom stereocenters. The first-order chi connectivity index (χ1) is 9.72. The summed E-state index contributed by atoms with van der Waals surface area (Å²) in [6.45, 7) is 3.07. The van der Waals surface area contributed by atoms with Gasteiger partial charge in [-0.15, -0.1) is 0 Å². The van der Waals surface area contributed by atoms with Gasteiger partial charge in [0.1, 0.15) is 0 Å². The predicted molar refractivity (Wildman–Crippen MR) is 80.4 cm³/mol. The van der Waals surface area contributed by atoms with Crippen LogP contribution in [0.3, 0.4) is 0 Å². The molecule has 0 spiro atoms. The summed E-state index contributed by atoms with van der Waals surface area (Å²) in [6.07, 6.45) is 5.60. The van der Waals surface area contributed by atoms with Crippen molar-refractivity contribution in [3.63, 3.8) is 0 Å². The van der Waals surface area contributed by atoms with Gasteiger partial charge in [0.25, 0.3) is 0 Å². The number of rotatable bonds is 8. The van der Waals surface area contributed by atoms with E-state index in [1.54, 1.807) is 0 Å². The van der Waals surface area contributed by atoms with E-state index in [9.17, 15) is 4.79 Å². The summed E-state index contributed by atoms with van der Waals surface area (Å²) in [7, 11) is 1.44. The quantitative estimate of drug-likeness (QED) is 0.741. The van der Waals surface area contributed by atoms with Crippen molar-refractivity contribution in [3.8, 4) is 0 Å². The molecule has 1 fully saturated rings. The van der Waals surface area contributed by atoms with Crippen LogP contribution in [0.1, 0.15) is 43.7 Å². The molecule has 1 aliphatic rings. The van der Waals surface area contributed by atoms with Gasteiger partial charge in [-0.3, -0.25) is 4.79 Å². The molecular formula is C17H25NO2. The smallest absolute Gasteiger partial charge is 0.309 e. The van der Waals surface area contributed by atoms with Crippen LogP contribution in [0.5, 0.6) is 0 Å². The van der Waals surface area contributed by atoms with Gasteiger partial charge >= 0.3 is 5.97 Å². The lowest BCUT2D eigenvalue weighted by molar-refractivity contribution is -0.139. The molecule has 1 saturated carbocycles. The fraction of sp³-hybridized carbons (Fsp3) is 0.588. The molecule has 0 aliphatic heterocycles. The van der Waals surface area contributed by atoms with Crippen LogP contribution >= 0.6 is 0 Å². The number of nitrogens with one attached hydrogen (secondary N) is 1. The molecule has 0 radical (unpaired) electrons. The van der Waals surface area contributed by atoms with Crippen LogP contribution in [-0.4, -0.2) is 19.1 Å². The van der Waals surface area contributed by atoms with Gasteiger partial charge in [-0.2, -0.15) is 0 Å². The van der Waals surface area contributed by atoms with Crippen molar-refractivity contribution in [3.05, 3.63) is 35.4 Å². The van der Waals surface area contributed by atoms with E-state index in [-0.39, 0.29) is 5.97 Å². The normalized spacial score (nSPS) is 15.9. The van der Waals surface area contributed by atoms with E-state index in [1.807, 2.05) is 18.2 Å². The van der Waals surface area contributed by atoms with Gasteiger partial charge in [-0.25, -0.2) is 0 Å². The molecule has 0 amide bonds. The van der Waals surface area contributed by atoms with Crippen LogP contribution in [0.25, 0.3) is 0 Å². The molecule has 110 valence electrons. The second-order valence-electron chi connectivity index (χ2n) is 5.69. The summed E-state index contributed by atoms with van der Waals surface area (Å²) in [5.74, 6) is 0.764. The highest BCUT2D eigenvalue weighted by Crippen LogP contribution is 2.34. The van der Waals surface area contributed by atoms with Crippen LogP contribution in [0.15, 0.2) is 24.3 Å². The summed E-state index contributed by atoms with van der Waals surface area (Å²) >= 11 is 0. The Hall–Kier alpha value is -1.35. The number of esters is 1. The van der Waals surface area contributed by atoms with Gasteiger partial charge < -0.3 is 10.1 Å². The van der Waals surface area contributed by atoms with Crippen molar-refractivity contribution >= 4 is 5.97 Å². The SMILES string of the molecule is CCC(CC1CC1)NCc1ccccc1CC(=O)OC. The molecule has 20 heavy (non-hydrogen) atoms. The molecule has 1 aromatic carbocycles. The molecule has 0 heterocycles. The van der Waals surface area contributed by atoms with Crippen LogP contribution in [0.2, 0.25) is 0 Å². The number of ether oxygens (including phenoxy) is 1. The third kappa shape index (κ3) is 4.64. The van der Waals surface area contributed by atoms with Crippen molar-refractivity contribution in [2.24, 2.45) is 5.92 Å². The van der Waals surface area contributed by atoms with Crippen molar-refractivity contribution < 1.29 is 9.53 Å². The van der Waals surface area contributed by atoms with E-state index in [2.05, 4.69) is 18.3 Å². The number of hydrogen-bond acceptors (Lipinski definition) is 3. The minimum absolute atomic E-state index is 0.178.